The van der Waals surface area contributed by atoms with Gasteiger partial charge in [-0.05, 0) is 19.1 Å². The summed E-state index contributed by atoms with van der Waals surface area (Å²) in [6, 6.07) is 12.1. The third kappa shape index (κ3) is 4.11. The van der Waals surface area contributed by atoms with Crippen molar-refractivity contribution >= 4 is 22.8 Å². The fourth-order valence-corrected chi connectivity index (χ4v) is 2.81. The van der Waals surface area contributed by atoms with E-state index >= 15 is 0 Å². The van der Waals surface area contributed by atoms with Gasteiger partial charge in [0.15, 0.2) is 0 Å². The monoisotopic (exact) mass is 352 g/mol. The zero-order valence-electron chi connectivity index (χ0n) is 13.1. The summed E-state index contributed by atoms with van der Waals surface area (Å²) < 4.78 is 37.8. The van der Waals surface area contributed by atoms with Crippen molar-refractivity contribution in [3.63, 3.8) is 0 Å². The fourth-order valence-electron chi connectivity index (χ4n) is 1.90. The molecule has 3 nitrogen and oxygen atoms in total. The largest absolute Gasteiger partial charge is 0.432 e. The van der Waals surface area contributed by atoms with E-state index in [1.807, 2.05) is 6.07 Å². The van der Waals surface area contributed by atoms with E-state index < -0.39 is 11.9 Å². The lowest BCUT2D eigenvalue weighted by Gasteiger charge is -2.18. The number of benzene rings is 1. The van der Waals surface area contributed by atoms with Gasteiger partial charge in [0.25, 0.3) is 0 Å². The lowest BCUT2D eigenvalue weighted by Crippen LogP contribution is -2.24. The first-order valence-corrected chi connectivity index (χ1v) is 7.77. The van der Waals surface area contributed by atoms with E-state index in [1.165, 1.54) is 18.4 Å². The first-order valence-electron chi connectivity index (χ1n) is 6.95. The maximum absolute atomic E-state index is 12.6. The van der Waals surface area contributed by atoms with Crippen LogP contribution in [0.4, 0.5) is 13.2 Å². The number of carbonyl (C=O) groups excluding carboxylic acids is 1. The molecule has 1 aromatic carbocycles. The SMILES string of the molecule is C=C(N(C)/N=C(\C)c1ccc(C(=O)c2ccccc2)s1)C(F)(F)F. The van der Waals surface area contributed by atoms with Gasteiger partial charge in [-0.3, -0.25) is 9.80 Å². The molecule has 0 spiro atoms. The number of thiophene rings is 1. The lowest BCUT2D eigenvalue weighted by molar-refractivity contribution is -0.108. The van der Waals surface area contributed by atoms with Gasteiger partial charge in [-0.25, -0.2) is 0 Å². The zero-order valence-corrected chi connectivity index (χ0v) is 13.9. The van der Waals surface area contributed by atoms with Crippen molar-refractivity contribution in [1.29, 1.82) is 0 Å². The molecule has 0 aliphatic carbocycles. The Balaban J connectivity index is 2.19. The summed E-state index contributed by atoms with van der Waals surface area (Å²) >= 11 is 1.19. The number of allylic oxidation sites excluding steroid dienone is 1. The third-order valence-corrected chi connectivity index (χ3v) is 4.43. The number of halogens is 3. The number of carbonyl (C=O) groups is 1. The Bertz CT molecular complexity index is 779. The molecule has 24 heavy (non-hydrogen) atoms. The van der Waals surface area contributed by atoms with Gasteiger partial charge in [-0.15, -0.1) is 11.3 Å². The highest BCUT2D eigenvalue weighted by Gasteiger charge is 2.35. The molecule has 0 saturated carbocycles. The summed E-state index contributed by atoms with van der Waals surface area (Å²) in [5.74, 6) is -0.132. The van der Waals surface area contributed by atoms with Crippen LogP contribution in [0.15, 0.2) is 59.8 Å². The minimum absolute atomic E-state index is 0.132. The Hall–Kier alpha value is -2.41. The van der Waals surface area contributed by atoms with Crippen molar-refractivity contribution in [2.45, 2.75) is 13.1 Å². The van der Waals surface area contributed by atoms with Crippen LogP contribution in [0.1, 0.15) is 27.0 Å². The van der Waals surface area contributed by atoms with Gasteiger partial charge in [-0.1, -0.05) is 36.9 Å². The van der Waals surface area contributed by atoms with E-state index in [1.54, 1.807) is 43.3 Å². The average Bonchev–Trinajstić information content (AvgIpc) is 3.03. The molecule has 2 aromatic rings. The predicted molar refractivity (Wildman–Crippen MR) is 89.4 cm³/mol. The van der Waals surface area contributed by atoms with Gasteiger partial charge in [-0.2, -0.15) is 18.3 Å². The normalized spacial score (nSPS) is 12.1. The van der Waals surface area contributed by atoms with Crippen LogP contribution in [-0.4, -0.2) is 29.7 Å². The molecule has 0 radical (unpaired) electrons. The quantitative estimate of drug-likeness (QED) is 0.443. The van der Waals surface area contributed by atoms with Gasteiger partial charge in [0.05, 0.1) is 15.5 Å². The molecule has 0 aliphatic heterocycles. The molecule has 7 heteroatoms. The van der Waals surface area contributed by atoms with Gasteiger partial charge < -0.3 is 0 Å². The molecule has 0 unspecified atom stereocenters. The maximum Gasteiger partial charge on any atom is 0.432 e. The van der Waals surface area contributed by atoms with E-state index in [9.17, 15) is 18.0 Å². The molecule has 126 valence electrons. The van der Waals surface area contributed by atoms with Crippen LogP contribution < -0.4 is 0 Å². The lowest BCUT2D eigenvalue weighted by atomic mass is 10.1. The second kappa shape index (κ2) is 7.00. The number of hydrogen-bond donors (Lipinski definition) is 0. The summed E-state index contributed by atoms with van der Waals surface area (Å²) in [5, 5.41) is 4.58. The maximum atomic E-state index is 12.6. The minimum Gasteiger partial charge on any atom is -0.288 e. The highest BCUT2D eigenvalue weighted by Crippen LogP contribution is 2.27. The summed E-state index contributed by atoms with van der Waals surface area (Å²) in [7, 11) is 1.18. The van der Waals surface area contributed by atoms with E-state index in [4.69, 9.17) is 0 Å². The van der Waals surface area contributed by atoms with Crippen molar-refractivity contribution in [2.75, 3.05) is 7.05 Å². The molecule has 0 bridgehead atoms. The summed E-state index contributed by atoms with van der Waals surface area (Å²) in [4.78, 5) is 13.5. The summed E-state index contributed by atoms with van der Waals surface area (Å²) in [6.45, 7) is 4.57. The number of ketones is 1. The van der Waals surface area contributed by atoms with Crippen molar-refractivity contribution < 1.29 is 18.0 Å². The highest BCUT2D eigenvalue weighted by atomic mass is 32.1. The van der Waals surface area contributed by atoms with Crippen molar-refractivity contribution in [3.8, 4) is 0 Å². The van der Waals surface area contributed by atoms with E-state index in [-0.39, 0.29) is 5.78 Å². The predicted octanol–water partition coefficient (Wildman–Crippen LogP) is 4.71. The smallest absolute Gasteiger partial charge is 0.288 e. The van der Waals surface area contributed by atoms with Crippen molar-refractivity contribution in [3.05, 3.63) is 70.1 Å². The number of nitrogens with zero attached hydrogens (tertiary/aromatic N) is 2. The molecule has 0 amide bonds. The van der Waals surface area contributed by atoms with Gasteiger partial charge in [0, 0.05) is 12.6 Å². The molecule has 1 heterocycles. The summed E-state index contributed by atoms with van der Waals surface area (Å²) in [6.07, 6.45) is -4.54. The zero-order chi connectivity index (χ0) is 17.9. The second-order valence-electron chi connectivity index (χ2n) is 5.01. The molecule has 0 atom stereocenters. The van der Waals surface area contributed by atoms with Crippen LogP contribution >= 0.6 is 11.3 Å². The standard InChI is InChI=1S/C17H15F3N2OS/c1-11(21-22(3)12(2)17(18,19)20)14-9-10-15(24-14)16(23)13-7-5-4-6-8-13/h4-10H,2H2,1,3H3/b21-11+. The van der Waals surface area contributed by atoms with Crippen LogP contribution in [0.3, 0.4) is 0 Å². The number of rotatable bonds is 5. The van der Waals surface area contributed by atoms with Gasteiger partial charge in [0.1, 0.15) is 5.70 Å². The molecule has 0 fully saturated rings. The van der Waals surface area contributed by atoms with E-state index in [0.29, 0.717) is 26.0 Å². The van der Waals surface area contributed by atoms with Crippen LogP contribution in [-0.2, 0) is 0 Å². The Morgan fingerprint density at radius 1 is 1.12 bits per heavy atom. The first kappa shape index (κ1) is 17.9. The van der Waals surface area contributed by atoms with Gasteiger partial charge in [0.2, 0.25) is 5.78 Å². The number of alkyl halides is 3. The molecule has 1 aromatic heterocycles. The average molecular weight is 352 g/mol. The van der Waals surface area contributed by atoms with Crippen LogP contribution in [0, 0.1) is 0 Å². The first-order chi connectivity index (χ1) is 11.2. The number of hydrogen-bond acceptors (Lipinski definition) is 4. The van der Waals surface area contributed by atoms with Crippen LogP contribution in [0.25, 0.3) is 0 Å². The molecule has 0 N–H and O–H groups in total. The second-order valence-corrected chi connectivity index (χ2v) is 6.10. The molecular formula is C17H15F3N2OS. The molecule has 2 rings (SSSR count). The van der Waals surface area contributed by atoms with Crippen molar-refractivity contribution in [2.24, 2.45) is 5.10 Å². The highest BCUT2D eigenvalue weighted by molar-refractivity contribution is 7.16. The Kier molecular flexibility index (Phi) is 5.23. The molecule has 0 aliphatic rings. The van der Waals surface area contributed by atoms with Crippen LogP contribution in [0.5, 0.6) is 0 Å². The van der Waals surface area contributed by atoms with Gasteiger partial charge >= 0.3 is 6.18 Å². The number of hydrazone groups is 1. The Morgan fingerprint density at radius 2 is 1.71 bits per heavy atom. The molecular weight excluding hydrogens is 337 g/mol. The molecule has 0 saturated heterocycles. The van der Waals surface area contributed by atoms with Crippen LogP contribution in [0.2, 0.25) is 0 Å². The Labute approximate surface area is 141 Å². The topological polar surface area (TPSA) is 32.7 Å². The summed E-state index contributed by atoms with van der Waals surface area (Å²) in [5.41, 5.74) is -0.123. The Morgan fingerprint density at radius 3 is 2.29 bits per heavy atom. The fraction of sp³-hybridized carbons (Fsp3) is 0.176. The van der Waals surface area contributed by atoms with E-state index in [0.717, 1.165) is 0 Å². The van der Waals surface area contributed by atoms with E-state index in [2.05, 4.69) is 11.7 Å². The third-order valence-electron chi connectivity index (χ3n) is 3.24. The minimum atomic E-state index is -4.54. The van der Waals surface area contributed by atoms with Crippen molar-refractivity contribution in [1.82, 2.24) is 5.01 Å².